The van der Waals surface area contributed by atoms with E-state index in [1.807, 2.05) is 72.4 Å². The van der Waals surface area contributed by atoms with E-state index >= 15 is 0 Å². The van der Waals surface area contributed by atoms with Gasteiger partial charge in [-0.3, -0.25) is 0 Å². The highest BCUT2D eigenvalue weighted by molar-refractivity contribution is 5.97. The van der Waals surface area contributed by atoms with E-state index in [-0.39, 0.29) is 30.9 Å². The number of rotatable bonds is 6. The fourth-order valence-corrected chi connectivity index (χ4v) is 4.48. The minimum atomic E-state index is -0.139. The van der Waals surface area contributed by atoms with Crippen LogP contribution >= 0.6 is 24.8 Å². The summed E-state index contributed by atoms with van der Waals surface area (Å²) in [5.74, 6) is 0. The van der Waals surface area contributed by atoms with Crippen molar-refractivity contribution in [1.82, 2.24) is 14.9 Å². The van der Waals surface area contributed by atoms with Gasteiger partial charge < -0.3 is 9.88 Å². The molecular weight excluding hydrogens is 501 g/mol. The summed E-state index contributed by atoms with van der Waals surface area (Å²) in [5.41, 5.74) is 6.38. The van der Waals surface area contributed by atoms with Gasteiger partial charge in [-0.1, -0.05) is 60.7 Å². The summed E-state index contributed by atoms with van der Waals surface area (Å²) in [6.07, 6.45) is 3.66. The maximum Gasteiger partial charge on any atom is 0.0998 e. The van der Waals surface area contributed by atoms with Crippen molar-refractivity contribution < 1.29 is 0 Å². The normalized spacial score (nSPS) is 11.0. The average Bonchev–Trinajstić information content (AvgIpc) is 3.34. The van der Waals surface area contributed by atoms with Gasteiger partial charge in [-0.15, -0.1) is 24.8 Å². The Labute approximate surface area is 228 Å². The van der Waals surface area contributed by atoms with E-state index in [4.69, 9.17) is 5.26 Å². The predicted octanol–water partition coefficient (Wildman–Crippen LogP) is 6.71. The van der Waals surface area contributed by atoms with Crippen molar-refractivity contribution in [2.45, 2.75) is 12.6 Å². The molecule has 37 heavy (non-hydrogen) atoms. The molecule has 0 fully saturated rings. The van der Waals surface area contributed by atoms with Gasteiger partial charge in [-0.05, 0) is 51.7 Å². The SMILES string of the molecule is Cl.Cl.Cn1cncc1C(NCc1ccc(C#N)cc1)c1ccc(C#N)c(-c2cccc3ccccc23)c1. The third-order valence-electron chi connectivity index (χ3n) is 6.32. The van der Waals surface area contributed by atoms with Crippen molar-refractivity contribution in [2.24, 2.45) is 7.05 Å². The molecule has 5 nitrogen and oxygen atoms in total. The van der Waals surface area contributed by atoms with E-state index in [0.29, 0.717) is 17.7 Å². The first-order valence-electron chi connectivity index (χ1n) is 11.4. The number of nitrogens with one attached hydrogen (secondary N) is 1. The van der Waals surface area contributed by atoms with Crippen molar-refractivity contribution in [3.8, 4) is 23.3 Å². The summed E-state index contributed by atoms with van der Waals surface area (Å²) >= 11 is 0. The van der Waals surface area contributed by atoms with Gasteiger partial charge in [-0.25, -0.2) is 4.98 Å². The zero-order chi connectivity index (χ0) is 24.2. The molecule has 0 amide bonds. The Balaban J connectivity index is 0.00000190. The lowest BCUT2D eigenvalue weighted by molar-refractivity contribution is 0.573. The molecule has 7 heteroatoms. The maximum atomic E-state index is 9.90. The van der Waals surface area contributed by atoms with E-state index < -0.39 is 0 Å². The average molecular weight is 526 g/mol. The van der Waals surface area contributed by atoms with Crippen molar-refractivity contribution >= 4 is 35.6 Å². The molecule has 0 saturated carbocycles. The Morgan fingerprint density at radius 2 is 1.62 bits per heavy atom. The van der Waals surface area contributed by atoms with Gasteiger partial charge in [0, 0.05) is 19.2 Å². The van der Waals surface area contributed by atoms with Crippen LogP contribution in [0.5, 0.6) is 0 Å². The number of nitriles is 2. The number of nitrogens with zero attached hydrogens (tertiary/aromatic N) is 4. The molecule has 1 heterocycles. The lowest BCUT2D eigenvalue weighted by atomic mass is 9.91. The van der Waals surface area contributed by atoms with Gasteiger partial charge in [-0.2, -0.15) is 10.5 Å². The first-order valence-corrected chi connectivity index (χ1v) is 11.4. The molecule has 184 valence electrons. The number of benzene rings is 4. The zero-order valence-corrected chi connectivity index (χ0v) is 21.8. The summed E-state index contributed by atoms with van der Waals surface area (Å²) in [7, 11) is 1.98. The largest absolute Gasteiger partial charge is 0.336 e. The van der Waals surface area contributed by atoms with Crippen molar-refractivity contribution in [2.75, 3.05) is 0 Å². The van der Waals surface area contributed by atoms with Crippen LogP contribution in [0.25, 0.3) is 21.9 Å². The van der Waals surface area contributed by atoms with E-state index in [1.165, 1.54) is 0 Å². The number of aryl methyl sites for hydroxylation is 1. The second-order valence-corrected chi connectivity index (χ2v) is 8.50. The van der Waals surface area contributed by atoms with Crippen LogP contribution in [-0.2, 0) is 13.6 Å². The second-order valence-electron chi connectivity index (χ2n) is 8.50. The van der Waals surface area contributed by atoms with E-state index in [0.717, 1.165) is 38.7 Å². The Bertz CT molecular complexity index is 1590. The lowest BCUT2D eigenvalue weighted by Gasteiger charge is -2.21. The summed E-state index contributed by atoms with van der Waals surface area (Å²) in [6, 6.07) is 32.5. The van der Waals surface area contributed by atoms with E-state index in [1.54, 1.807) is 6.33 Å². The van der Waals surface area contributed by atoms with Crippen LogP contribution in [0.4, 0.5) is 0 Å². The summed E-state index contributed by atoms with van der Waals surface area (Å²) in [6.45, 7) is 0.616. The lowest BCUT2D eigenvalue weighted by Crippen LogP contribution is -2.24. The first kappa shape index (κ1) is 27.5. The third kappa shape index (κ3) is 5.66. The standard InChI is InChI=1S/C30H23N5.2ClH/c1-35-20-33-19-29(35)30(34-18-22-11-9-21(16-31)10-12-22)24-13-14-25(17-32)28(15-24)27-8-4-6-23-5-2-3-7-26(23)27;;/h2-15,19-20,30,34H,18H2,1H3;2*1H. The Kier molecular flexibility index (Phi) is 9.06. The number of halogens is 2. The number of fused-ring (bicyclic) bond motifs is 1. The molecule has 0 aliphatic heterocycles. The monoisotopic (exact) mass is 525 g/mol. The van der Waals surface area contributed by atoms with Crippen LogP contribution in [0.2, 0.25) is 0 Å². The predicted molar refractivity (Wildman–Crippen MR) is 152 cm³/mol. The fourth-order valence-electron chi connectivity index (χ4n) is 4.48. The fraction of sp³-hybridized carbons (Fsp3) is 0.100. The molecule has 0 saturated heterocycles. The molecule has 0 aliphatic carbocycles. The number of hydrogen-bond acceptors (Lipinski definition) is 4. The zero-order valence-electron chi connectivity index (χ0n) is 20.1. The second kappa shape index (κ2) is 12.2. The van der Waals surface area contributed by atoms with Crippen LogP contribution in [-0.4, -0.2) is 9.55 Å². The minimum absolute atomic E-state index is 0. The maximum absolute atomic E-state index is 9.90. The first-order chi connectivity index (χ1) is 17.2. The third-order valence-corrected chi connectivity index (χ3v) is 6.32. The van der Waals surface area contributed by atoms with Crippen LogP contribution in [0.1, 0.15) is 34.0 Å². The molecule has 1 atom stereocenters. The molecule has 1 unspecified atom stereocenters. The van der Waals surface area contributed by atoms with Gasteiger partial charge in [0.1, 0.15) is 0 Å². The van der Waals surface area contributed by atoms with Gasteiger partial charge in [0.15, 0.2) is 0 Å². The van der Waals surface area contributed by atoms with E-state index in [2.05, 4.69) is 52.8 Å². The van der Waals surface area contributed by atoms with Crippen LogP contribution < -0.4 is 5.32 Å². The minimum Gasteiger partial charge on any atom is -0.336 e. The van der Waals surface area contributed by atoms with Crippen molar-refractivity contribution in [1.29, 1.82) is 10.5 Å². The molecule has 0 bridgehead atoms. The topological polar surface area (TPSA) is 77.4 Å². The summed E-state index contributed by atoms with van der Waals surface area (Å²) < 4.78 is 2.01. The highest BCUT2D eigenvalue weighted by Crippen LogP contribution is 2.34. The van der Waals surface area contributed by atoms with Gasteiger partial charge >= 0.3 is 0 Å². The quantitative estimate of drug-likeness (QED) is 0.267. The highest BCUT2D eigenvalue weighted by Gasteiger charge is 2.19. The number of hydrogen-bond donors (Lipinski definition) is 1. The highest BCUT2D eigenvalue weighted by atomic mass is 35.5. The summed E-state index contributed by atoms with van der Waals surface area (Å²) in [5, 5.41) is 24.9. The molecule has 5 aromatic rings. The smallest absolute Gasteiger partial charge is 0.0998 e. The molecule has 1 N–H and O–H groups in total. The Morgan fingerprint density at radius 1 is 0.865 bits per heavy atom. The molecule has 5 rings (SSSR count). The molecule has 4 aromatic carbocycles. The Morgan fingerprint density at radius 3 is 2.32 bits per heavy atom. The number of imidazole rings is 1. The van der Waals surface area contributed by atoms with Gasteiger partial charge in [0.05, 0.1) is 47.5 Å². The van der Waals surface area contributed by atoms with Crippen LogP contribution in [0.15, 0.2) is 97.5 Å². The molecular formula is C30H25Cl2N5. The van der Waals surface area contributed by atoms with Crippen LogP contribution in [0.3, 0.4) is 0 Å². The van der Waals surface area contributed by atoms with Gasteiger partial charge in [0.2, 0.25) is 0 Å². The Hall–Kier alpha value is -4.13. The molecule has 0 spiro atoms. The molecule has 0 aliphatic rings. The van der Waals surface area contributed by atoms with Crippen molar-refractivity contribution in [3.05, 3.63) is 125 Å². The van der Waals surface area contributed by atoms with Crippen molar-refractivity contribution in [3.63, 3.8) is 0 Å². The molecule has 1 aromatic heterocycles. The molecule has 0 radical (unpaired) electrons. The number of aromatic nitrogens is 2. The van der Waals surface area contributed by atoms with E-state index in [9.17, 15) is 5.26 Å². The van der Waals surface area contributed by atoms with Crippen LogP contribution in [0, 0.1) is 22.7 Å². The van der Waals surface area contributed by atoms with Gasteiger partial charge in [0.25, 0.3) is 0 Å². The summed E-state index contributed by atoms with van der Waals surface area (Å²) in [4.78, 5) is 4.34.